The average Bonchev–Trinajstić information content (AvgIpc) is 2.74. The summed E-state index contributed by atoms with van der Waals surface area (Å²) in [6.07, 6.45) is 0.687. The van der Waals surface area contributed by atoms with E-state index in [0.29, 0.717) is 13.0 Å². The van der Waals surface area contributed by atoms with E-state index in [4.69, 9.17) is 5.84 Å². The first-order chi connectivity index (χ1) is 7.91. The zero-order chi connectivity index (χ0) is 12.8. The third-order valence-corrected chi connectivity index (χ3v) is 3.84. The van der Waals surface area contributed by atoms with Crippen LogP contribution in [0, 0.1) is 17.3 Å². The van der Waals surface area contributed by atoms with Crippen LogP contribution in [0.5, 0.6) is 0 Å². The van der Waals surface area contributed by atoms with Gasteiger partial charge in [-0.3, -0.25) is 24.7 Å². The summed E-state index contributed by atoms with van der Waals surface area (Å²) in [7, 11) is 0. The quantitative estimate of drug-likeness (QED) is 0.296. The topological polar surface area (TPSA) is 92.5 Å². The van der Waals surface area contributed by atoms with E-state index < -0.39 is 0 Å². The molecule has 2 unspecified atom stereocenters. The number of nitrogens with zero attached hydrogens (tertiary/aromatic N) is 1. The van der Waals surface area contributed by atoms with Gasteiger partial charge in [-0.05, 0) is 11.8 Å². The van der Waals surface area contributed by atoms with E-state index in [1.54, 1.807) is 0 Å². The van der Waals surface area contributed by atoms with Gasteiger partial charge in [-0.15, -0.1) is 0 Å². The van der Waals surface area contributed by atoms with Crippen molar-refractivity contribution in [3.05, 3.63) is 0 Å². The molecule has 6 heteroatoms. The van der Waals surface area contributed by atoms with Gasteiger partial charge in [0.25, 0.3) is 0 Å². The molecule has 3 amide bonds. The van der Waals surface area contributed by atoms with Crippen LogP contribution in [-0.2, 0) is 14.4 Å². The molecule has 1 saturated carbocycles. The number of nitrogens with one attached hydrogen (secondary N) is 1. The summed E-state index contributed by atoms with van der Waals surface area (Å²) in [5.74, 6) is 4.20. The second-order valence-electron chi connectivity index (χ2n) is 5.28. The summed E-state index contributed by atoms with van der Waals surface area (Å²) in [4.78, 5) is 36.0. The molecule has 1 aliphatic heterocycles. The van der Waals surface area contributed by atoms with Gasteiger partial charge in [0.1, 0.15) is 0 Å². The minimum absolute atomic E-state index is 0.0850. The number of hydrogen-bond donors (Lipinski definition) is 2. The van der Waals surface area contributed by atoms with Gasteiger partial charge < -0.3 is 0 Å². The lowest BCUT2D eigenvalue weighted by atomic mass is 10.1. The van der Waals surface area contributed by atoms with Crippen molar-refractivity contribution in [2.75, 3.05) is 6.54 Å². The summed E-state index contributed by atoms with van der Waals surface area (Å²) in [6.45, 7) is 4.20. The number of hydrogen-bond acceptors (Lipinski definition) is 4. The number of rotatable bonds is 4. The Labute approximate surface area is 99.5 Å². The summed E-state index contributed by atoms with van der Waals surface area (Å²) >= 11 is 0. The first-order valence-corrected chi connectivity index (χ1v) is 5.76. The summed E-state index contributed by atoms with van der Waals surface area (Å²) < 4.78 is 0. The van der Waals surface area contributed by atoms with Crippen LogP contribution in [0.2, 0.25) is 0 Å². The second-order valence-corrected chi connectivity index (χ2v) is 5.28. The number of piperidine rings is 1. The molecule has 6 nitrogen and oxygen atoms in total. The average molecular weight is 239 g/mol. The molecule has 2 rings (SSSR count). The van der Waals surface area contributed by atoms with Crippen LogP contribution < -0.4 is 11.3 Å². The van der Waals surface area contributed by atoms with Crippen molar-refractivity contribution in [2.24, 2.45) is 23.1 Å². The summed E-state index contributed by atoms with van der Waals surface area (Å²) in [6, 6.07) is 0. The van der Waals surface area contributed by atoms with Crippen molar-refractivity contribution in [3.8, 4) is 0 Å². The molecule has 3 N–H and O–H groups in total. The van der Waals surface area contributed by atoms with E-state index in [1.807, 2.05) is 19.3 Å². The number of fused-ring (bicyclic) bond motifs is 1. The zero-order valence-electron chi connectivity index (χ0n) is 10.0. The maximum absolute atomic E-state index is 11.9. The maximum atomic E-state index is 11.9. The standard InChI is InChI=1S/C11H17N3O3/c1-11(2)7-8(11)10(17)14(9(7)16)5-3-4-6(15)13-12/h7-8H,3-5,12H2,1-2H3,(H,13,15). The van der Waals surface area contributed by atoms with Gasteiger partial charge in [-0.1, -0.05) is 13.8 Å². The SMILES string of the molecule is CC1(C)C2C(=O)N(CCCC(=O)NN)C(=O)C21. The number of carbonyl (C=O) groups is 3. The summed E-state index contributed by atoms with van der Waals surface area (Å²) in [5, 5.41) is 0. The predicted molar refractivity (Wildman–Crippen MR) is 59.0 cm³/mol. The Kier molecular flexibility index (Phi) is 2.69. The number of imide groups is 1. The molecule has 1 saturated heterocycles. The van der Waals surface area contributed by atoms with Crippen molar-refractivity contribution in [3.63, 3.8) is 0 Å². The molecular weight excluding hydrogens is 222 g/mol. The highest BCUT2D eigenvalue weighted by Crippen LogP contribution is 2.63. The Hall–Kier alpha value is -1.43. The first-order valence-electron chi connectivity index (χ1n) is 5.76. The molecule has 0 radical (unpaired) electrons. The van der Waals surface area contributed by atoms with Crippen LogP contribution in [0.3, 0.4) is 0 Å². The molecular formula is C11H17N3O3. The molecule has 0 spiro atoms. The number of carbonyl (C=O) groups excluding carboxylic acids is 3. The van der Waals surface area contributed by atoms with Gasteiger partial charge in [-0.25, -0.2) is 5.84 Å². The van der Waals surface area contributed by atoms with Crippen molar-refractivity contribution in [1.82, 2.24) is 10.3 Å². The van der Waals surface area contributed by atoms with E-state index in [9.17, 15) is 14.4 Å². The Morgan fingerprint density at radius 3 is 2.35 bits per heavy atom. The fraction of sp³-hybridized carbons (Fsp3) is 0.727. The molecule has 0 aromatic rings. The van der Waals surface area contributed by atoms with E-state index in [-0.39, 0.29) is 41.4 Å². The molecule has 17 heavy (non-hydrogen) atoms. The highest BCUT2D eigenvalue weighted by atomic mass is 16.2. The molecule has 2 fully saturated rings. The van der Waals surface area contributed by atoms with Gasteiger partial charge in [-0.2, -0.15) is 0 Å². The van der Waals surface area contributed by atoms with Gasteiger partial charge in [0.05, 0.1) is 11.8 Å². The van der Waals surface area contributed by atoms with E-state index in [0.717, 1.165) is 0 Å². The minimum atomic E-state index is -0.283. The van der Waals surface area contributed by atoms with E-state index >= 15 is 0 Å². The fourth-order valence-electron chi connectivity index (χ4n) is 2.69. The van der Waals surface area contributed by atoms with Crippen LogP contribution in [0.25, 0.3) is 0 Å². The van der Waals surface area contributed by atoms with Crippen LogP contribution in [-0.4, -0.2) is 29.2 Å². The van der Waals surface area contributed by atoms with Crippen LogP contribution in [0.15, 0.2) is 0 Å². The van der Waals surface area contributed by atoms with Crippen LogP contribution in [0.4, 0.5) is 0 Å². The fourth-order valence-corrected chi connectivity index (χ4v) is 2.69. The van der Waals surface area contributed by atoms with Crippen molar-refractivity contribution in [1.29, 1.82) is 0 Å². The third kappa shape index (κ3) is 1.72. The van der Waals surface area contributed by atoms with Crippen molar-refractivity contribution >= 4 is 17.7 Å². The molecule has 0 bridgehead atoms. The maximum Gasteiger partial charge on any atom is 0.233 e. The van der Waals surface area contributed by atoms with E-state index in [2.05, 4.69) is 0 Å². The van der Waals surface area contributed by atoms with Crippen LogP contribution >= 0.6 is 0 Å². The first kappa shape index (κ1) is 12.0. The van der Waals surface area contributed by atoms with Gasteiger partial charge >= 0.3 is 0 Å². The van der Waals surface area contributed by atoms with Crippen molar-refractivity contribution < 1.29 is 14.4 Å². The Morgan fingerprint density at radius 1 is 1.35 bits per heavy atom. The van der Waals surface area contributed by atoms with Crippen LogP contribution in [0.1, 0.15) is 26.7 Å². The number of nitrogens with two attached hydrogens (primary N) is 1. The molecule has 2 atom stereocenters. The van der Waals surface area contributed by atoms with E-state index in [1.165, 1.54) is 4.90 Å². The molecule has 94 valence electrons. The molecule has 0 aromatic carbocycles. The molecule has 0 aromatic heterocycles. The molecule has 1 aliphatic carbocycles. The van der Waals surface area contributed by atoms with Gasteiger partial charge in [0, 0.05) is 13.0 Å². The van der Waals surface area contributed by atoms with Gasteiger partial charge in [0.15, 0.2) is 0 Å². The normalized spacial score (nSPS) is 29.2. The zero-order valence-corrected chi connectivity index (χ0v) is 10.0. The highest BCUT2D eigenvalue weighted by Gasteiger charge is 2.72. The lowest BCUT2D eigenvalue weighted by Gasteiger charge is -2.20. The Bertz CT molecular complexity index is 367. The second kappa shape index (κ2) is 3.80. The lowest BCUT2D eigenvalue weighted by molar-refractivity contribution is -0.143. The lowest BCUT2D eigenvalue weighted by Crippen LogP contribution is -2.37. The number of hydrazine groups is 1. The smallest absolute Gasteiger partial charge is 0.233 e. The molecule has 1 heterocycles. The Balaban J connectivity index is 1.87. The summed E-state index contributed by atoms with van der Waals surface area (Å²) in [5.41, 5.74) is 1.85. The number of likely N-dealkylation sites (tertiary alicyclic amines) is 1. The van der Waals surface area contributed by atoms with Crippen molar-refractivity contribution in [2.45, 2.75) is 26.7 Å². The van der Waals surface area contributed by atoms with Gasteiger partial charge in [0.2, 0.25) is 17.7 Å². The largest absolute Gasteiger partial charge is 0.294 e. The highest BCUT2D eigenvalue weighted by molar-refractivity contribution is 6.10. The molecule has 2 aliphatic rings. The monoisotopic (exact) mass is 239 g/mol. The Morgan fingerprint density at radius 2 is 1.88 bits per heavy atom. The number of amides is 3. The third-order valence-electron chi connectivity index (χ3n) is 3.84. The minimum Gasteiger partial charge on any atom is -0.294 e. The predicted octanol–water partition coefficient (Wildman–Crippen LogP) is -0.602.